The molecule has 0 aliphatic heterocycles. The van der Waals surface area contributed by atoms with Crippen LogP contribution in [0.15, 0.2) is 42.5 Å². The Morgan fingerprint density at radius 1 is 1.00 bits per heavy atom. The van der Waals surface area contributed by atoms with Gasteiger partial charge in [-0.25, -0.2) is 0 Å². The fourth-order valence-electron chi connectivity index (χ4n) is 2.14. The number of carbonyl (C=O) groups excluding carboxylic acids is 2. The third-order valence-corrected chi connectivity index (χ3v) is 4.19. The number of ether oxygens (including phenoxy) is 1. The molecule has 132 valence electrons. The Hall–Kier alpha value is -2.53. The molecule has 0 heterocycles. The van der Waals surface area contributed by atoms with Crippen LogP contribution in [-0.4, -0.2) is 18.9 Å². The number of amides is 2. The summed E-state index contributed by atoms with van der Waals surface area (Å²) in [4.78, 5) is 25.2. The molecule has 0 aliphatic carbocycles. The first-order valence-electron chi connectivity index (χ1n) is 7.77. The number of methoxy groups -OCH3 is 1. The van der Waals surface area contributed by atoms with Gasteiger partial charge in [-0.1, -0.05) is 29.8 Å². The van der Waals surface area contributed by atoms with Gasteiger partial charge in [0.25, 0.3) is 0 Å². The third kappa shape index (κ3) is 4.31. The second-order valence-corrected chi connectivity index (χ2v) is 6.62. The maximum atomic E-state index is 12.7. The Labute approximate surface area is 152 Å². The largest absolute Gasteiger partial charge is 0.495 e. The maximum absolute atomic E-state index is 12.7. The van der Waals surface area contributed by atoms with Gasteiger partial charge in [0.1, 0.15) is 11.2 Å². The molecule has 2 N–H and O–H groups in total. The molecule has 0 unspecified atom stereocenters. The Morgan fingerprint density at radius 3 is 2.20 bits per heavy atom. The molecule has 0 spiro atoms. The van der Waals surface area contributed by atoms with Crippen LogP contribution in [0.2, 0.25) is 5.02 Å². The Morgan fingerprint density at radius 2 is 1.60 bits per heavy atom. The average Bonchev–Trinajstić information content (AvgIpc) is 2.57. The zero-order valence-electron chi connectivity index (χ0n) is 14.6. The number of nitrogens with one attached hydrogen (secondary N) is 2. The molecule has 0 fully saturated rings. The Kier molecular flexibility index (Phi) is 5.69. The van der Waals surface area contributed by atoms with Crippen LogP contribution in [0.3, 0.4) is 0 Å². The first kappa shape index (κ1) is 18.8. The number of rotatable bonds is 5. The van der Waals surface area contributed by atoms with Crippen molar-refractivity contribution < 1.29 is 14.3 Å². The highest BCUT2D eigenvalue weighted by molar-refractivity contribution is 6.34. The molecule has 2 aromatic carbocycles. The van der Waals surface area contributed by atoms with Crippen molar-refractivity contribution in [1.29, 1.82) is 0 Å². The van der Waals surface area contributed by atoms with E-state index in [0.29, 0.717) is 22.1 Å². The lowest BCUT2D eigenvalue weighted by Gasteiger charge is -2.23. The Balaban J connectivity index is 2.18. The molecule has 5 nitrogen and oxygen atoms in total. The van der Waals surface area contributed by atoms with Crippen LogP contribution in [0.4, 0.5) is 11.4 Å². The van der Waals surface area contributed by atoms with Crippen LogP contribution in [0.1, 0.15) is 19.4 Å². The third-order valence-electron chi connectivity index (χ3n) is 3.86. The summed E-state index contributed by atoms with van der Waals surface area (Å²) in [6, 6.07) is 12.3. The summed E-state index contributed by atoms with van der Waals surface area (Å²) >= 11 is 6.05. The van der Waals surface area contributed by atoms with Crippen LogP contribution in [-0.2, 0) is 9.59 Å². The fourth-order valence-corrected chi connectivity index (χ4v) is 2.33. The van der Waals surface area contributed by atoms with Gasteiger partial charge in [-0.3, -0.25) is 9.59 Å². The fraction of sp³-hybridized carbons (Fsp3) is 0.263. The molecule has 2 aromatic rings. The van der Waals surface area contributed by atoms with E-state index in [0.717, 1.165) is 5.56 Å². The van der Waals surface area contributed by atoms with E-state index in [9.17, 15) is 9.59 Å². The van der Waals surface area contributed by atoms with Crippen molar-refractivity contribution >= 4 is 34.8 Å². The summed E-state index contributed by atoms with van der Waals surface area (Å²) in [5.41, 5.74) is 0.636. The van der Waals surface area contributed by atoms with Gasteiger partial charge >= 0.3 is 0 Å². The number of aryl methyl sites for hydroxylation is 1. The van der Waals surface area contributed by atoms with E-state index < -0.39 is 17.2 Å². The lowest BCUT2D eigenvalue weighted by Crippen LogP contribution is -2.41. The zero-order chi connectivity index (χ0) is 18.6. The lowest BCUT2D eigenvalue weighted by atomic mass is 9.90. The highest BCUT2D eigenvalue weighted by atomic mass is 35.5. The highest BCUT2D eigenvalue weighted by Gasteiger charge is 2.36. The van der Waals surface area contributed by atoms with Gasteiger partial charge in [0.2, 0.25) is 11.8 Å². The standard InChI is InChI=1S/C19H21ClN2O3/c1-12-9-10-16(25-4)15(11-12)22-18(24)19(2,3)17(23)21-14-8-6-5-7-13(14)20/h5-11H,1-4H3,(H,21,23)(H,22,24). The number of benzene rings is 2. The summed E-state index contributed by atoms with van der Waals surface area (Å²) in [5, 5.41) is 5.87. The summed E-state index contributed by atoms with van der Waals surface area (Å²) in [7, 11) is 1.52. The molecule has 2 rings (SSSR count). The lowest BCUT2D eigenvalue weighted by molar-refractivity contribution is -0.135. The van der Waals surface area contributed by atoms with E-state index in [-0.39, 0.29) is 0 Å². The molecule has 2 amide bonds. The number of anilines is 2. The summed E-state index contributed by atoms with van der Waals surface area (Å²) in [5.74, 6) is -0.369. The average molecular weight is 361 g/mol. The van der Waals surface area contributed by atoms with E-state index in [1.165, 1.54) is 7.11 Å². The van der Waals surface area contributed by atoms with Crippen LogP contribution in [0.5, 0.6) is 5.75 Å². The van der Waals surface area contributed by atoms with Gasteiger partial charge in [0.15, 0.2) is 0 Å². The molecular formula is C19H21ClN2O3. The molecule has 0 aromatic heterocycles. The van der Waals surface area contributed by atoms with Gasteiger partial charge in [0.05, 0.1) is 23.5 Å². The van der Waals surface area contributed by atoms with E-state index in [1.54, 1.807) is 50.2 Å². The number of para-hydroxylation sites is 1. The van der Waals surface area contributed by atoms with Crippen molar-refractivity contribution in [2.45, 2.75) is 20.8 Å². The van der Waals surface area contributed by atoms with Gasteiger partial charge in [-0.2, -0.15) is 0 Å². The quantitative estimate of drug-likeness (QED) is 0.783. The summed E-state index contributed by atoms with van der Waals surface area (Å²) < 4.78 is 5.25. The van der Waals surface area contributed by atoms with E-state index >= 15 is 0 Å². The second-order valence-electron chi connectivity index (χ2n) is 6.22. The minimum Gasteiger partial charge on any atom is -0.495 e. The number of halogens is 1. The Bertz CT molecular complexity index is 803. The summed E-state index contributed by atoms with van der Waals surface area (Å²) in [6.07, 6.45) is 0. The van der Waals surface area contributed by atoms with E-state index in [2.05, 4.69) is 10.6 Å². The van der Waals surface area contributed by atoms with E-state index in [4.69, 9.17) is 16.3 Å². The highest BCUT2D eigenvalue weighted by Crippen LogP contribution is 2.29. The molecule has 0 aliphatic rings. The molecule has 0 saturated heterocycles. The SMILES string of the molecule is COc1ccc(C)cc1NC(=O)C(C)(C)C(=O)Nc1ccccc1Cl. The van der Waals surface area contributed by atoms with Crippen LogP contribution in [0, 0.1) is 12.3 Å². The molecule has 0 bridgehead atoms. The first-order chi connectivity index (χ1) is 11.8. The van der Waals surface area contributed by atoms with Gasteiger partial charge in [-0.05, 0) is 50.6 Å². The van der Waals surface area contributed by atoms with Crippen LogP contribution in [0.25, 0.3) is 0 Å². The minimum absolute atomic E-state index is 0.410. The van der Waals surface area contributed by atoms with Crippen molar-refractivity contribution in [3.05, 3.63) is 53.1 Å². The molecule has 0 radical (unpaired) electrons. The molecule has 0 saturated carbocycles. The van der Waals surface area contributed by atoms with Gasteiger partial charge in [-0.15, -0.1) is 0 Å². The maximum Gasteiger partial charge on any atom is 0.239 e. The van der Waals surface area contributed by atoms with Crippen molar-refractivity contribution in [1.82, 2.24) is 0 Å². The van der Waals surface area contributed by atoms with Crippen molar-refractivity contribution in [2.75, 3.05) is 17.7 Å². The summed E-state index contributed by atoms with van der Waals surface area (Å²) in [6.45, 7) is 5.01. The second kappa shape index (κ2) is 7.57. The predicted molar refractivity (Wildman–Crippen MR) is 100 cm³/mol. The molecule has 0 atom stereocenters. The smallest absolute Gasteiger partial charge is 0.239 e. The van der Waals surface area contributed by atoms with Crippen molar-refractivity contribution in [3.8, 4) is 5.75 Å². The molecule has 6 heteroatoms. The number of carbonyl (C=O) groups is 2. The zero-order valence-corrected chi connectivity index (χ0v) is 15.4. The minimum atomic E-state index is -1.31. The number of hydrogen-bond donors (Lipinski definition) is 2. The molecular weight excluding hydrogens is 340 g/mol. The van der Waals surface area contributed by atoms with Gasteiger partial charge in [0, 0.05) is 0 Å². The van der Waals surface area contributed by atoms with E-state index in [1.807, 2.05) is 13.0 Å². The van der Waals surface area contributed by atoms with Crippen LogP contribution < -0.4 is 15.4 Å². The topological polar surface area (TPSA) is 67.4 Å². The number of hydrogen-bond acceptors (Lipinski definition) is 3. The normalized spacial score (nSPS) is 10.9. The van der Waals surface area contributed by atoms with Crippen LogP contribution >= 0.6 is 11.6 Å². The molecule has 25 heavy (non-hydrogen) atoms. The predicted octanol–water partition coefficient (Wildman–Crippen LogP) is 4.26. The first-order valence-corrected chi connectivity index (χ1v) is 8.15. The van der Waals surface area contributed by atoms with Crippen molar-refractivity contribution in [2.24, 2.45) is 5.41 Å². The van der Waals surface area contributed by atoms with Crippen molar-refractivity contribution in [3.63, 3.8) is 0 Å². The monoisotopic (exact) mass is 360 g/mol. The van der Waals surface area contributed by atoms with Gasteiger partial charge < -0.3 is 15.4 Å².